The lowest BCUT2D eigenvalue weighted by atomic mass is 9.95. The van der Waals surface area contributed by atoms with Gasteiger partial charge in [-0.25, -0.2) is 4.39 Å². The number of carbonyl (C=O) groups is 2. The summed E-state index contributed by atoms with van der Waals surface area (Å²) in [7, 11) is 0. The third-order valence-electron chi connectivity index (χ3n) is 5.86. The van der Waals surface area contributed by atoms with Crippen molar-refractivity contribution in [2.75, 3.05) is 11.5 Å². The summed E-state index contributed by atoms with van der Waals surface area (Å²) in [5.41, 5.74) is 0.732. The first-order valence-electron chi connectivity index (χ1n) is 11.5. The summed E-state index contributed by atoms with van der Waals surface area (Å²) in [6, 6.07) is 16.9. The number of phenols is 1. The van der Waals surface area contributed by atoms with Crippen LogP contribution in [0.15, 0.2) is 78.4 Å². The van der Waals surface area contributed by atoms with Crippen LogP contribution in [-0.2, 0) is 9.59 Å². The molecule has 1 aliphatic heterocycles. The Kier molecular flexibility index (Phi) is 7.15. The number of unbranched alkanes of at least 4 members (excludes halogenated alkanes) is 2. The van der Waals surface area contributed by atoms with Crippen molar-refractivity contribution in [1.82, 2.24) is 0 Å². The summed E-state index contributed by atoms with van der Waals surface area (Å²) in [5, 5.41) is 21.2. The van der Waals surface area contributed by atoms with Gasteiger partial charge < -0.3 is 14.9 Å². The summed E-state index contributed by atoms with van der Waals surface area (Å²) < 4.78 is 19.7. The van der Waals surface area contributed by atoms with Crippen molar-refractivity contribution in [2.45, 2.75) is 32.2 Å². The second-order valence-electron chi connectivity index (χ2n) is 8.32. The highest BCUT2D eigenvalue weighted by Gasteiger charge is 2.47. The second kappa shape index (κ2) is 10.4. The first kappa shape index (κ1) is 24.0. The maximum Gasteiger partial charge on any atom is 0.300 e. The minimum Gasteiger partial charge on any atom is -0.508 e. The Morgan fingerprint density at radius 1 is 1.00 bits per heavy atom. The number of Topliss-reactive ketones (excluding diaryl/α,β-unsaturated/α-hetero) is 1. The highest BCUT2D eigenvalue weighted by molar-refractivity contribution is 6.51. The van der Waals surface area contributed by atoms with E-state index in [2.05, 4.69) is 6.92 Å². The minimum absolute atomic E-state index is 0.0723. The number of phenolic OH excluding ortho intramolecular Hbond substituents is 1. The number of hydrogen-bond acceptors (Lipinski definition) is 5. The average molecular weight is 476 g/mol. The van der Waals surface area contributed by atoms with Gasteiger partial charge in [-0.2, -0.15) is 0 Å². The van der Waals surface area contributed by atoms with Crippen LogP contribution in [0.3, 0.4) is 0 Å². The summed E-state index contributed by atoms with van der Waals surface area (Å²) in [4.78, 5) is 27.4. The van der Waals surface area contributed by atoms with E-state index in [4.69, 9.17) is 4.74 Å². The van der Waals surface area contributed by atoms with E-state index in [0.717, 1.165) is 30.2 Å². The van der Waals surface area contributed by atoms with Crippen LogP contribution in [0.4, 0.5) is 10.1 Å². The molecule has 7 heteroatoms. The van der Waals surface area contributed by atoms with Crippen molar-refractivity contribution < 1.29 is 28.9 Å². The first-order chi connectivity index (χ1) is 16.9. The lowest BCUT2D eigenvalue weighted by molar-refractivity contribution is -0.132. The molecule has 1 atom stereocenters. The predicted octanol–water partition coefficient (Wildman–Crippen LogP) is 5.73. The van der Waals surface area contributed by atoms with Crippen molar-refractivity contribution in [3.05, 3.63) is 95.3 Å². The number of halogens is 1. The van der Waals surface area contributed by atoms with E-state index in [0.29, 0.717) is 23.5 Å². The largest absolute Gasteiger partial charge is 0.508 e. The van der Waals surface area contributed by atoms with E-state index < -0.39 is 23.5 Å². The van der Waals surface area contributed by atoms with Crippen molar-refractivity contribution in [3.63, 3.8) is 0 Å². The molecule has 1 saturated heterocycles. The molecule has 6 nitrogen and oxygen atoms in total. The Labute approximate surface area is 202 Å². The molecule has 1 aliphatic rings. The smallest absolute Gasteiger partial charge is 0.300 e. The second-order valence-corrected chi connectivity index (χ2v) is 8.32. The van der Waals surface area contributed by atoms with Gasteiger partial charge in [0.25, 0.3) is 11.7 Å². The zero-order valence-electron chi connectivity index (χ0n) is 19.3. The molecule has 0 aromatic heterocycles. The number of hydrogen-bond donors (Lipinski definition) is 2. The van der Waals surface area contributed by atoms with Crippen molar-refractivity contribution in [1.29, 1.82) is 0 Å². The molecule has 35 heavy (non-hydrogen) atoms. The van der Waals surface area contributed by atoms with E-state index in [9.17, 15) is 24.2 Å². The number of amides is 1. The third-order valence-corrected chi connectivity index (χ3v) is 5.86. The zero-order chi connectivity index (χ0) is 24.9. The fraction of sp³-hybridized carbons (Fsp3) is 0.214. The molecule has 3 aromatic rings. The Hall–Kier alpha value is -4.13. The molecule has 0 saturated carbocycles. The van der Waals surface area contributed by atoms with Gasteiger partial charge in [-0.15, -0.1) is 0 Å². The molecule has 1 heterocycles. The maximum atomic E-state index is 14.0. The third kappa shape index (κ3) is 5.04. The van der Waals surface area contributed by atoms with Crippen molar-refractivity contribution in [3.8, 4) is 11.5 Å². The Balaban J connectivity index is 1.76. The molecule has 1 amide bonds. The van der Waals surface area contributed by atoms with Crippen LogP contribution >= 0.6 is 0 Å². The van der Waals surface area contributed by atoms with Crippen LogP contribution in [0.1, 0.15) is 43.4 Å². The monoisotopic (exact) mass is 475 g/mol. The highest BCUT2D eigenvalue weighted by atomic mass is 19.1. The number of ether oxygens (including phenoxy) is 1. The van der Waals surface area contributed by atoms with Crippen LogP contribution < -0.4 is 9.64 Å². The lowest BCUT2D eigenvalue weighted by Crippen LogP contribution is -2.29. The van der Waals surface area contributed by atoms with Crippen LogP contribution in [0.2, 0.25) is 0 Å². The minimum atomic E-state index is -1.06. The summed E-state index contributed by atoms with van der Waals surface area (Å²) in [6.45, 7) is 2.69. The van der Waals surface area contributed by atoms with E-state index in [1.54, 1.807) is 36.4 Å². The number of nitrogens with zero attached hydrogens (tertiary/aromatic N) is 1. The lowest BCUT2D eigenvalue weighted by Gasteiger charge is -2.25. The molecule has 0 aliphatic carbocycles. The van der Waals surface area contributed by atoms with Gasteiger partial charge in [-0.1, -0.05) is 38.0 Å². The van der Waals surface area contributed by atoms with Gasteiger partial charge in [0, 0.05) is 11.3 Å². The molecule has 180 valence electrons. The number of anilines is 1. The van der Waals surface area contributed by atoms with E-state index in [1.807, 2.05) is 0 Å². The molecule has 1 unspecified atom stereocenters. The number of rotatable bonds is 8. The average Bonchev–Trinajstić information content (AvgIpc) is 3.12. The molecule has 2 N–H and O–H groups in total. The topological polar surface area (TPSA) is 87.1 Å². The summed E-state index contributed by atoms with van der Waals surface area (Å²) >= 11 is 0. The fourth-order valence-electron chi connectivity index (χ4n) is 4.14. The van der Waals surface area contributed by atoms with Gasteiger partial charge in [0.05, 0.1) is 18.2 Å². The van der Waals surface area contributed by atoms with Gasteiger partial charge in [-0.3, -0.25) is 14.5 Å². The first-order valence-corrected chi connectivity index (χ1v) is 11.5. The standard InChI is InChI=1S/C28H26FNO5/c1-2-3-4-15-35-23-13-11-18(12-14-23)26(32)24-25(19-7-5-10-22(31)16-19)30(28(34)27(24)33)21-9-6-8-20(29)17-21/h5-14,16-17,25,31-32H,2-4,15H2,1H3/b26-24+. The molecule has 1 fully saturated rings. The van der Waals surface area contributed by atoms with Crippen molar-refractivity contribution in [2.24, 2.45) is 0 Å². The van der Waals surface area contributed by atoms with Crippen LogP contribution in [0.25, 0.3) is 5.76 Å². The molecule has 0 bridgehead atoms. The van der Waals surface area contributed by atoms with Crippen LogP contribution in [-0.4, -0.2) is 28.5 Å². The number of benzene rings is 3. The van der Waals surface area contributed by atoms with Crippen LogP contribution in [0.5, 0.6) is 11.5 Å². The Morgan fingerprint density at radius 2 is 1.74 bits per heavy atom. The molecular weight excluding hydrogens is 449 g/mol. The number of aromatic hydroxyl groups is 1. The van der Waals surface area contributed by atoms with Crippen LogP contribution in [0, 0.1) is 5.82 Å². The van der Waals surface area contributed by atoms with E-state index in [1.165, 1.54) is 30.3 Å². The van der Waals surface area contributed by atoms with E-state index in [-0.39, 0.29) is 22.8 Å². The summed E-state index contributed by atoms with van der Waals surface area (Å²) in [5.74, 6) is -2.19. The highest BCUT2D eigenvalue weighted by Crippen LogP contribution is 2.42. The molecular formula is C28H26FNO5. The van der Waals surface area contributed by atoms with Gasteiger partial charge in [0.1, 0.15) is 23.1 Å². The molecule has 4 rings (SSSR count). The number of ketones is 1. The quantitative estimate of drug-likeness (QED) is 0.188. The normalized spacial score (nSPS) is 17.1. The SMILES string of the molecule is CCCCCOc1ccc(/C(O)=C2\C(=O)C(=O)N(c3cccc(F)c3)C2c2cccc(O)c2)cc1. The fourth-order valence-corrected chi connectivity index (χ4v) is 4.14. The maximum absolute atomic E-state index is 14.0. The Morgan fingerprint density at radius 3 is 2.43 bits per heavy atom. The van der Waals surface area contributed by atoms with Gasteiger partial charge in [0.15, 0.2) is 0 Å². The molecule has 0 radical (unpaired) electrons. The van der Waals surface area contributed by atoms with Crippen molar-refractivity contribution >= 4 is 23.1 Å². The van der Waals surface area contributed by atoms with Gasteiger partial charge in [0.2, 0.25) is 0 Å². The summed E-state index contributed by atoms with van der Waals surface area (Å²) in [6.07, 6.45) is 3.09. The number of aliphatic hydroxyl groups excluding tert-OH is 1. The van der Waals surface area contributed by atoms with Gasteiger partial charge in [-0.05, 0) is 66.6 Å². The molecule has 3 aromatic carbocycles. The molecule has 0 spiro atoms. The Bertz CT molecular complexity index is 1270. The van der Waals surface area contributed by atoms with Gasteiger partial charge >= 0.3 is 0 Å². The number of aliphatic hydroxyl groups is 1. The van der Waals surface area contributed by atoms with E-state index >= 15 is 0 Å². The number of carbonyl (C=O) groups excluding carboxylic acids is 2. The zero-order valence-corrected chi connectivity index (χ0v) is 19.3. The predicted molar refractivity (Wildman–Crippen MR) is 131 cm³/mol.